The molecule has 0 unspecified atom stereocenters. The smallest absolute Gasteiger partial charge is 0.133 e. The van der Waals surface area contributed by atoms with E-state index in [2.05, 4.69) is 77.6 Å². The number of nitrogens with zero attached hydrogens (tertiary/aromatic N) is 5. The number of hydrogen-bond acceptors (Lipinski definition) is 4. The molecule has 0 N–H and O–H groups in total. The molecule has 0 spiro atoms. The summed E-state index contributed by atoms with van der Waals surface area (Å²) in [5.41, 5.74) is 4.69. The minimum atomic E-state index is 0.655. The highest BCUT2D eigenvalue weighted by atomic mass is 15.2. The summed E-state index contributed by atoms with van der Waals surface area (Å²) in [5.74, 6) is 1.71. The van der Waals surface area contributed by atoms with Gasteiger partial charge in [-0.1, -0.05) is 12.1 Å². The van der Waals surface area contributed by atoms with Gasteiger partial charge in [-0.15, -0.1) is 0 Å². The van der Waals surface area contributed by atoms with Gasteiger partial charge in [-0.25, -0.2) is 4.99 Å². The molecule has 29 heavy (non-hydrogen) atoms. The van der Waals surface area contributed by atoms with E-state index >= 15 is 0 Å². The lowest BCUT2D eigenvalue weighted by molar-refractivity contribution is 0.161. The fourth-order valence-electron chi connectivity index (χ4n) is 4.64. The van der Waals surface area contributed by atoms with E-state index in [1.807, 2.05) is 11.7 Å². The van der Waals surface area contributed by atoms with Gasteiger partial charge in [0.25, 0.3) is 0 Å². The molecule has 150 valence electrons. The summed E-state index contributed by atoms with van der Waals surface area (Å²) in [6.45, 7) is 7.88. The average Bonchev–Trinajstić information content (AvgIpc) is 3.12. The molecule has 0 aliphatic carbocycles. The van der Waals surface area contributed by atoms with Crippen molar-refractivity contribution in [2.75, 3.05) is 19.6 Å². The van der Waals surface area contributed by atoms with Gasteiger partial charge >= 0.3 is 0 Å². The number of aliphatic imine (C=N–C) groups is 1. The van der Waals surface area contributed by atoms with Crippen LogP contribution in [0, 0.1) is 5.92 Å². The highest BCUT2D eigenvalue weighted by molar-refractivity contribution is 6.00. The van der Waals surface area contributed by atoms with Crippen LogP contribution in [0.25, 0.3) is 16.6 Å². The van der Waals surface area contributed by atoms with Crippen LogP contribution in [0.5, 0.6) is 0 Å². The van der Waals surface area contributed by atoms with Crippen molar-refractivity contribution in [2.24, 2.45) is 18.0 Å². The van der Waals surface area contributed by atoms with Crippen molar-refractivity contribution >= 4 is 22.4 Å². The first-order valence-corrected chi connectivity index (χ1v) is 10.7. The lowest BCUT2D eigenvalue weighted by atomic mass is 9.87. The molecule has 1 saturated heterocycles. The lowest BCUT2D eigenvalue weighted by Gasteiger charge is -2.36. The van der Waals surface area contributed by atoms with Gasteiger partial charge in [-0.3, -0.25) is 4.68 Å². The van der Waals surface area contributed by atoms with Gasteiger partial charge in [-0.2, -0.15) is 5.10 Å². The number of rotatable bonds is 3. The first-order valence-electron chi connectivity index (χ1n) is 10.7. The third-order valence-electron chi connectivity index (χ3n) is 6.39. The fourth-order valence-corrected chi connectivity index (χ4v) is 4.64. The summed E-state index contributed by atoms with van der Waals surface area (Å²) >= 11 is 0. The second kappa shape index (κ2) is 7.30. The maximum absolute atomic E-state index is 4.94. The predicted octanol–water partition coefficient (Wildman–Crippen LogP) is 4.20. The maximum Gasteiger partial charge on any atom is 0.133 e. The average molecular weight is 388 g/mol. The van der Waals surface area contributed by atoms with E-state index in [4.69, 9.17) is 4.99 Å². The monoisotopic (exact) mass is 387 g/mol. The molecule has 5 rings (SSSR count). The van der Waals surface area contributed by atoms with Gasteiger partial charge < -0.3 is 9.80 Å². The normalized spacial score (nSPS) is 20.7. The van der Waals surface area contributed by atoms with Crippen LogP contribution in [0.15, 0.2) is 59.4 Å². The highest BCUT2D eigenvalue weighted by Crippen LogP contribution is 2.31. The van der Waals surface area contributed by atoms with Crippen LogP contribution in [0.3, 0.4) is 0 Å². The number of piperidine rings is 1. The maximum atomic E-state index is 4.94. The largest absolute Gasteiger partial charge is 0.329 e. The van der Waals surface area contributed by atoms with E-state index in [0.717, 1.165) is 34.5 Å². The van der Waals surface area contributed by atoms with E-state index in [0.29, 0.717) is 12.0 Å². The topological polar surface area (TPSA) is 36.7 Å². The molecule has 0 saturated carbocycles. The third kappa shape index (κ3) is 3.55. The Kier molecular flexibility index (Phi) is 4.63. The molecule has 0 amide bonds. The lowest BCUT2D eigenvalue weighted by Crippen LogP contribution is -2.39. The number of allylic oxidation sites excluding steroid dienone is 2. The van der Waals surface area contributed by atoms with Crippen molar-refractivity contribution in [2.45, 2.75) is 32.7 Å². The Morgan fingerprint density at radius 3 is 2.72 bits per heavy atom. The zero-order chi connectivity index (χ0) is 20.0. The summed E-state index contributed by atoms with van der Waals surface area (Å²) < 4.78 is 1.86. The SMILES string of the molecule is CC(C)N1CCC(C2=CN3CC=C(c4ccc5nn(C)cc5c4)N=C3C=C2)CC1. The molecule has 0 bridgehead atoms. The molecule has 1 aromatic heterocycles. The molecule has 4 heterocycles. The molecule has 5 nitrogen and oxygen atoms in total. The molecule has 0 atom stereocenters. The molecule has 0 radical (unpaired) electrons. The zero-order valence-corrected chi connectivity index (χ0v) is 17.5. The molecule has 1 aromatic carbocycles. The van der Waals surface area contributed by atoms with E-state index in [9.17, 15) is 0 Å². The molecule has 1 fully saturated rings. The van der Waals surface area contributed by atoms with Crippen molar-refractivity contribution < 1.29 is 0 Å². The van der Waals surface area contributed by atoms with Crippen LogP contribution in [-0.4, -0.2) is 51.1 Å². The number of hydrogen-bond donors (Lipinski definition) is 0. The van der Waals surface area contributed by atoms with E-state index < -0.39 is 0 Å². The predicted molar refractivity (Wildman–Crippen MR) is 119 cm³/mol. The molecule has 5 heteroatoms. The second-order valence-corrected chi connectivity index (χ2v) is 8.65. The molecule has 3 aliphatic rings. The molecular formula is C24H29N5. The van der Waals surface area contributed by atoms with Crippen LogP contribution in [0.4, 0.5) is 0 Å². The van der Waals surface area contributed by atoms with Crippen molar-refractivity contribution in [1.29, 1.82) is 0 Å². The van der Waals surface area contributed by atoms with Gasteiger partial charge in [0, 0.05) is 43.0 Å². The van der Waals surface area contributed by atoms with Crippen molar-refractivity contribution in [3.63, 3.8) is 0 Å². The number of benzene rings is 1. The van der Waals surface area contributed by atoms with Crippen molar-refractivity contribution in [1.82, 2.24) is 19.6 Å². The van der Waals surface area contributed by atoms with Crippen molar-refractivity contribution in [3.05, 3.63) is 60.0 Å². The first-order chi connectivity index (χ1) is 14.1. The summed E-state index contributed by atoms with van der Waals surface area (Å²) in [7, 11) is 1.96. The van der Waals surface area contributed by atoms with Gasteiger partial charge in [0.2, 0.25) is 0 Å². The first kappa shape index (κ1) is 18.4. The van der Waals surface area contributed by atoms with Crippen LogP contribution < -0.4 is 0 Å². The number of likely N-dealkylation sites (tertiary alicyclic amines) is 1. The van der Waals surface area contributed by atoms with E-state index in [1.165, 1.54) is 31.5 Å². The number of aryl methyl sites for hydroxylation is 1. The van der Waals surface area contributed by atoms with Crippen LogP contribution in [0.2, 0.25) is 0 Å². The van der Waals surface area contributed by atoms with Gasteiger partial charge in [0.15, 0.2) is 0 Å². The fraction of sp³-hybridized carbons (Fsp3) is 0.417. The Labute approximate surface area is 172 Å². The van der Waals surface area contributed by atoms with Crippen LogP contribution in [0.1, 0.15) is 32.3 Å². The minimum Gasteiger partial charge on any atom is -0.329 e. The number of amidine groups is 1. The zero-order valence-electron chi connectivity index (χ0n) is 17.5. The number of aromatic nitrogens is 2. The summed E-state index contributed by atoms with van der Waals surface area (Å²) in [6, 6.07) is 7.04. The Balaban J connectivity index is 1.31. The molecular weight excluding hydrogens is 358 g/mol. The summed E-state index contributed by atoms with van der Waals surface area (Å²) in [5, 5.41) is 5.62. The van der Waals surface area contributed by atoms with E-state index in [-0.39, 0.29) is 0 Å². The molecule has 3 aliphatic heterocycles. The Morgan fingerprint density at radius 2 is 1.93 bits per heavy atom. The molecule has 2 aromatic rings. The Morgan fingerprint density at radius 1 is 1.10 bits per heavy atom. The standard InChI is InChI=1S/C24H29N5/c1-17(2)28-11-8-18(9-12-28)20-5-7-24-25-22(10-13-29(24)16-20)19-4-6-23-21(14-19)15-27(3)26-23/h4-7,10,14-18H,8-9,11-13H2,1-3H3. The Bertz CT molecular complexity index is 1040. The van der Waals surface area contributed by atoms with E-state index in [1.54, 1.807) is 0 Å². The summed E-state index contributed by atoms with van der Waals surface area (Å²) in [4.78, 5) is 9.82. The Hall–Kier alpha value is -2.66. The third-order valence-corrected chi connectivity index (χ3v) is 6.39. The van der Waals surface area contributed by atoms with Crippen LogP contribution in [-0.2, 0) is 7.05 Å². The minimum absolute atomic E-state index is 0.655. The van der Waals surface area contributed by atoms with Gasteiger partial charge in [0.05, 0.1) is 11.2 Å². The van der Waals surface area contributed by atoms with Crippen LogP contribution >= 0.6 is 0 Å². The van der Waals surface area contributed by atoms with Crippen molar-refractivity contribution in [3.8, 4) is 0 Å². The van der Waals surface area contributed by atoms with Gasteiger partial charge in [-0.05, 0) is 75.6 Å². The quantitative estimate of drug-likeness (QED) is 0.792. The second-order valence-electron chi connectivity index (χ2n) is 8.65. The van der Waals surface area contributed by atoms with Gasteiger partial charge in [0.1, 0.15) is 5.84 Å². The number of fused-ring (bicyclic) bond motifs is 2. The summed E-state index contributed by atoms with van der Waals surface area (Å²) in [6.07, 6.45) is 13.6. The highest BCUT2D eigenvalue weighted by Gasteiger charge is 2.25.